The molecule has 0 radical (unpaired) electrons. The Balaban J connectivity index is 1.94. The quantitative estimate of drug-likeness (QED) is 0.833. The topological polar surface area (TPSA) is 29.5 Å². The van der Waals surface area contributed by atoms with Crippen LogP contribution in [-0.4, -0.2) is 5.11 Å². The second kappa shape index (κ2) is 5.19. The van der Waals surface area contributed by atoms with Gasteiger partial charge in [0.05, 0.1) is 6.10 Å². The number of fused-ring (bicyclic) bond motifs is 1. The van der Waals surface area contributed by atoms with Crippen LogP contribution in [0.4, 0.5) is 4.39 Å². The maximum atomic E-state index is 13.2. The van der Waals surface area contributed by atoms with Crippen molar-refractivity contribution < 1.29 is 14.2 Å². The average molecular weight is 337 g/mol. The van der Waals surface area contributed by atoms with Gasteiger partial charge in [-0.2, -0.15) is 0 Å². The van der Waals surface area contributed by atoms with Crippen LogP contribution in [0, 0.1) is 12.7 Å². The minimum Gasteiger partial charge on any atom is -0.485 e. The monoisotopic (exact) mass is 336 g/mol. The maximum Gasteiger partial charge on any atom is 0.127 e. The summed E-state index contributed by atoms with van der Waals surface area (Å²) in [5, 5.41) is 10.2. The molecule has 1 aliphatic rings. The molecule has 0 aliphatic carbocycles. The van der Waals surface area contributed by atoms with Crippen molar-refractivity contribution in [1.29, 1.82) is 0 Å². The van der Waals surface area contributed by atoms with Gasteiger partial charge in [0.25, 0.3) is 0 Å². The van der Waals surface area contributed by atoms with Crippen molar-refractivity contribution >= 4 is 15.9 Å². The zero-order chi connectivity index (χ0) is 14.3. The van der Waals surface area contributed by atoms with Crippen LogP contribution >= 0.6 is 15.9 Å². The number of rotatable bonds is 1. The lowest BCUT2D eigenvalue weighted by atomic mass is 9.94. The molecule has 1 N–H and O–H groups in total. The number of aliphatic hydroxyl groups excluding tert-OH is 1. The van der Waals surface area contributed by atoms with Crippen molar-refractivity contribution in [3.05, 3.63) is 63.4 Å². The summed E-state index contributed by atoms with van der Waals surface area (Å²) in [6.07, 6.45) is -0.490. The van der Waals surface area contributed by atoms with Crippen LogP contribution in [0.25, 0.3) is 0 Å². The van der Waals surface area contributed by atoms with Crippen molar-refractivity contribution in [3.63, 3.8) is 0 Å². The molecule has 2 atom stereocenters. The van der Waals surface area contributed by atoms with Gasteiger partial charge in [-0.05, 0) is 42.3 Å². The molecule has 0 bridgehead atoms. The van der Waals surface area contributed by atoms with E-state index in [0.717, 1.165) is 15.6 Å². The van der Waals surface area contributed by atoms with Crippen LogP contribution in [0.2, 0.25) is 0 Å². The van der Waals surface area contributed by atoms with Crippen LogP contribution < -0.4 is 4.74 Å². The Morgan fingerprint density at radius 1 is 1.25 bits per heavy atom. The van der Waals surface area contributed by atoms with Crippen molar-refractivity contribution in [2.45, 2.75) is 25.6 Å². The lowest BCUT2D eigenvalue weighted by Gasteiger charge is -2.30. The Kier molecular flexibility index (Phi) is 3.52. The Bertz CT molecular complexity index is 657. The summed E-state index contributed by atoms with van der Waals surface area (Å²) in [7, 11) is 0. The first-order chi connectivity index (χ1) is 9.54. The van der Waals surface area contributed by atoms with Gasteiger partial charge in [0.2, 0.25) is 0 Å². The summed E-state index contributed by atoms with van der Waals surface area (Å²) in [5.74, 6) is 0.194. The smallest absolute Gasteiger partial charge is 0.127 e. The van der Waals surface area contributed by atoms with E-state index in [1.165, 1.54) is 12.1 Å². The molecule has 1 aliphatic heterocycles. The molecular weight excluding hydrogens is 323 g/mol. The van der Waals surface area contributed by atoms with Crippen LogP contribution in [0.5, 0.6) is 5.75 Å². The van der Waals surface area contributed by atoms with E-state index in [1.807, 2.05) is 25.1 Å². The van der Waals surface area contributed by atoms with E-state index >= 15 is 0 Å². The molecule has 104 valence electrons. The summed E-state index contributed by atoms with van der Waals surface area (Å²) in [6, 6.07) is 10.2. The van der Waals surface area contributed by atoms with Crippen LogP contribution in [0.3, 0.4) is 0 Å². The van der Waals surface area contributed by atoms with Crippen molar-refractivity contribution in [3.8, 4) is 5.75 Å². The Morgan fingerprint density at radius 2 is 2.05 bits per heavy atom. The first-order valence-electron chi connectivity index (χ1n) is 6.45. The van der Waals surface area contributed by atoms with Gasteiger partial charge in [-0.15, -0.1) is 0 Å². The van der Waals surface area contributed by atoms with E-state index in [0.29, 0.717) is 17.7 Å². The molecule has 4 heteroatoms. The third kappa shape index (κ3) is 2.45. The number of hydrogen-bond acceptors (Lipinski definition) is 2. The molecule has 0 amide bonds. The molecule has 1 heterocycles. The Hall–Kier alpha value is -1.39. The van der Waals surface area contributed by atoms with E-state index in [-0.39, 0.29) is 11.9 Å². The lowest BCUT2D eigenvalue weighted by molar-refractivity contribution is 0.0653. The molecule has 2 aromatic carbocycles. The standard InChI is InChI=1S/C16H14BrFO2/c1-9-6-10(2-4-13(9)17)16-8-14(19)12-7-11(18)3-5-15(12)20-16/h2-7,14,16,19H,8H2,1H3/t14-,16?/m0/s1. The third-order valence-corrected chi connectivity index (χ3v) is 4.48. The zero-order valence-corrected chi connectivity index (χ0v) is 12.5. The molecule has 0 saturated carbocycles. The summed E-state index contributed by atoms with van der Waals surface area (Å²) < 4.78 is 20.2. The molecule has 0 aromatic heterocycles. The van der Waals surface area contributed by atoms with E-state index < -0.39 is 6.10 Å². The lowest BCUT2D eigenvalue weighted by Crippen LogP contribution is -2.19. The van der Waals surface area contributed by atoms with Gasteiger partial charge < -0.3 is 9.84 Å². The predicted molar refractivity (Wildman–Crippen MR) is 78.2 cm³/mol. The Labute approximate surface area is 125 Å². The second-order valence-electron chi connectivity index (χ2n) is 5.05. The van der Waals surface area contributed by atoms with E-state index in [1.54, 1.807) is 6.07 Å². The molecular formula is C16H14BrFO2. The highest BCUT2D eigenvalue weighted by Crippen LogP contribution is 2.41. The van der Waals surface area contributed by atoms with Gasteiger partial charge in [-0.3, -0.25) is 0 Å². The summed E-state index contributed by atoms with van der Waals surface area (Å²) >= 11 is 3.47. The van der Waals surface area contributed by atoms with Crippen molar-refractivity contribution in [1.82, 2.24) is 0 Å². The Morgan fingerprint density at radius 3 is 2.80 bits per heavy atom. The average Bonchev–Trinajstić information content (AvgIpc) is 2.42. The fraction of sp³-hybridized carbons (Fsp3) is 0.250. The number of ether oxygens (including phenoxy) is 1. The van der Waals surface area contributed by atoms with E-state index in [4.69, 9.17) is 4.74 Å². The highest BCUT2D eigenvalue weighted by molar-refractivity contribution is 9.10. The fourth-order valence-corrected chi connectivity index (χ4v) is 2.74. The number of benzene rings is 2. The summed E-state index contributed by atoms with van der Waals surface area (Å²) in [4.78, 5) is 0. The maximum absolute atomic E-state index is 13.2. The fourth-order valence-electron chi connectivity index (χ4n) is 2.49. The van der Waals surface area contributed by atoms with Crippen LogP contribution in [-0.2, 0) is 0 Å². The van der Waals surface area contributed by atoms with Gasteiger partial charge in [0.15, 0.2) is 0 Å². The zero-order valence-electron chi connectivity index (χ0n) is 10.9. The summed E-state index contributed by atoms with van der Waals surface area (Å²) in [5.41, 5.74) is 2.65. The predicted octanol–water partition coefficient (Wildman–Crippen LogP) is 4.45. The molecule has 2 aromatic rings. The third-order valence-electron chi connectivity index (χ3n) is 3.59. The molecule has 2 nitrogen and oxygen atoms in total. The first-order valence-corrected chi connectivity index (χ1v) is 7.24. The minimum atomic E-state index is -0.705. The van der Waals surface area contributed by atoms with Crippen LogP contribution in [0.1, 0.15) is 35.3 Å². The minimum absolute atomic E-state index is 0.213. The van der Waals surface area contributed by atoms with Gasteiger partial charge in [0.1, 0.15) is 17.7 Å². The number of halogens is 2. The SMILES string of the molecule is Cc1cc(C2C[C@H](O)c3cc(F)ccc3O2)ccc1Br. The van der Waals surface area contributed by atoms with Gasteiger partial charge in [0, 0.05) is 16.5 Å². The molecule has 1 unspecified atom stereocenters. The number of hydrogen-bond donors (Lipinski definition) is 1. The largest absolute Gasteiger partial charge is 0.485 e. The van der Waals surface area contributed by atoms with Crippen LogP contribution in [0.15, 0.2) is 40.9 Å². The molecule has 0 saturated heterocycles. The van der Waals surface area contributed by atoms with E-state index in [9.17, 15) is 9.50 Å². The molecule has 3 rings (SSSR count). The summed E-state index contributed by atoms with van der Waals surface area (Å²) in [6.45, 7) is 2.01. The highest BCUT2D eigenvalue weighted by Gasteiger charge is 2.28. The van der Waals surface area contributed by atoms with Gasteiger partial charge in [-0.1, -0.05) is 28.1 Å². The molecule has 20 heavy (non-hydrogen) atoms. The number of aliphatic hydroxyl groups is 1. The van der Waals surface area contributed by atoms with Gasteiger partial charge in [-0.25, -0.2) is 4.39 Å². The van der Waals surface area contributed by atoms with Gasteiger partial charge >= 0.3 is 0 Å². The molecule has 0 fully saturated rings. The number of aryl methyl sites for hydroxylation is 1. The first kappa shape index (κ1) is 13.6. The van der Waals surface area contributed by atoms with Crippen molar-refractivity contribution in [2.75, 3.05) is 0 Å². The van der Waals surface area contributed by atoms with Crippen molar-refractivity contribution in [2.24, 2.45) is 0 Å². The second-order valence-corrected chi connectivity index (χ2v) is 5.90. The van der Waals surface area contributed by atoms with E-state index in [2.05, 4.69) is 15.9 Å². The normalized spacial score (nSPS) is 21.2. The molecule has 0 spiro atoms. The highest BCUT2D eigenvalue weighted by atomic mass is 79.9.